The molecule has 0 bridgehead atoms. The first-order valence-electron chi connectivity index (χ1n) is 6.84. The van der Waals surface area contributed by atoms with Gasteiger partial charge < -0.3 is 5.32 Å². The Balaban J connectivity index is 2.07. The van der Waals surface area contributed by atoms with Crippen molar-refractivity contribution in [3.8, 4) is 0 Å². The van der Waals surface area contributed by atoms with Crippen molar-refractivity contribution in [3.05, 3.63) is 29.3 Å². The van der Waals surface area contributed by atoms with Crippen LogP contribution < -0.4 is 5.32 Å². The minimum absolute atomic E-state index is 0.673. The van der Waals surface area contributed by atoms with E-state index in [1.54, 1.807) is 0 Å². The summed E-state index contributed by atoms with van der Waals surface area (Å²) >= 11 is 0. The average Bonchev–Trinajstić information content (AvgIpc) is 2.82. The third-order valence-corrected chi connectivity index (χ3v) is 3.89. The number of rotatable bonds is 5. The van der Waals surface area contributed by atoms with Crippen LogP contribution in [0.2, 0.25) is 0 Å². The van der Waals surface area contributed by atoms with E-state index in [9.17, 15) is 0 Å². The lowest BCUT2D eigenvalue weighted by Crippen LogP contribution is -2.31. The minimum atomic E-state index is 0.673. The van der Waals surface area contributed by atoms with Crippen LogP contribution in [0.4, 0.5) is 5.69 Å². The van der Waals surface area contributed by atoms with E-state index in [4.69, 9.17) is 0 Å². The van der Waals surface area contributed by atoms with Gasteiger partial charge >= 0.3 is 0 Å². The Morgan fingerprint density at radius 1 is 1.35 bits per heavy atom. The second-order valence-corrected chi connectivity index (χ2v) is 4.99. The van der Waals surface area contributed by atoms with Gasteiger partial charge in [-0.2, -0.15) is 0 Å². The van der Waals surface area contributed by atoms with E-state index in [-0.39, 0.29) is 0 Å². The monoisotopic (exact) mass is 232 g/mol. The molecule has 17 heavy (non-hydrogen) atoms. The smallest absolute Gasteiger partial charge is 0.0373 e. The van der Waals surface area contributed by atoms with Crippen molar-refractivity contribution in [2.45, 2.75) is 46.2 Å². The summed E-state index contributed by atoms with van der Waals surface area (Å²) in [6.45, 7) is 10.1. The molecule has 2 heteroatoms. The van der Waals surface area contributed by atoms with Crippen LogP contribution in [0, 0.1) is 0 Å². The standard InChI is InChI=1S/C15H24N2/c1-4-12(3)17(5-2)11-13-6-7-15-14(10-13)8-9-16-15/h6-7,10,12,16H,4-5,8-9,11H2,1-3H3. The zero-order valence-electron chi connectivity index (χ0n) is 11.3. The maximum Gasteiger partial charge on any atom is 0.0373 e. The summed E-state index contributed by atoms with van der Waals surface area (Å²) in [5.41, 5.74) is 4.28. The Labute approximate surface area is 105 Å². The van der Waals surface area contributed by atoms with Crippen LogP contribution in [-0.4, -0.2) is 24.0 Å². The number of nitrogens with one attached hydrogen (secondary N) is 1. The molecule has 0 aromatic heterocycles. The molecule has 1 aliphatic rings. The molecule has 0 aliphatic carbocycles. The second-order valence-electron chi connectivity index (χ2n) is 4.99. The molecule has 0 spiro atoms. The van der Waals surface area contributed by atoms with Gasteiger partial charge in [0.2, 0.25) is 0 Å². The highest BCUT2D eigenvalue weighted by Crippen LogP contribution is 2.24. The number of hydrogen-bond donors (Lipinski definition) is 1. The zero-order valence-corrected chi connectivity index (χ0v) is 11.3. The molecule has 1 aromatic carbocycles. The Kier molecular flexibility index (Phi) is 4.06. The number of fused-ring (bicyclic) bond motifs is 1. The highest BCUT2D eigenvalue weighted by molar-refractivity contribution is 5.56. The lowest BCUT2D eigenvalue weighted by atomic mass is 10.1. The molecule has 2 rings (SSSR count). The molecule has 2 nitrogen and oxygen atoms in total. The molecule has 1 aliphatic heterocycles. The summed E-state index contributed by atoms with van der Waals surface area (Å²) < 4.78 is 0. The normalized spacial score (nSPS) is 15.8. The summed E-state index contributed by atoms with van der Waals surface area (Å²) in [5.74, 6) is 0. The second kappa shape index (κ2) is 5.54. The molecule has 1 aromatic rings. The third kappa shape index (κ3) is 2.81. The van der Waals surface area contributed by atoms with Crippen molar-refractivity contribution in [1.29, 1.82) is 0 Å². The van der Waals surface area contributed by atoms with Gasteiger partial charge in [0.25, 0.3) is 0 Å². The molecule has 0 amide bonds. The number of benzene rings is 1. The van der Waals surface area contributed by atoms with Gasteiger partial charge in [0.05, 0.1) is 0 Å². The highest BCUT2D eigenvalue weighted by atomic mass is 15.1. The summed E-state index contributed by atoms with van der Waals surface area (Å²) in [6.07, 6.45) is 2.40. The van der Waals surface area contributed by atoms with E-state index in [2.05, 4.69) is 49.2 Å². The fourth-order valence-corrected chi connectivity index (χ4v) is 2.53. The predicted molar refractivity (Wildman–Crippen MR) is 74.5 cm³/mol. The zero-order chi connectivity index (χ0) is 12.3. The summed E-state index contributed by atoms with van der Waals surface area (Å²) in [5, 5.41) is 3.41. The molecule has 1 unspecified atom stereocenters. The van der Waals surface area contributed by atoms with E-state index >= 15 is 0 Å². The van der Waals surface area contributed by atoms with Crippen LogP contribution >= 0.6 is 0 Å². The summed E-state index contributed by atoms with van der Waals surface area (Å²) in [7, 11) is 0. The molecule has 94 valence electrons. The molecular formula is C15H24N2. The van der Waals surface area contributed by atoms with Gasteiger partial charge in [-0.15, -0.1) is 0 Å². The topological polar surface area (TPSA) is 15.3 Å². The lowest BCUT2D eigenvalue weighted by Gasteiger charge is -2.27. The van der Waals surface area contributed by atoms with Crippen LogP contribution in [0.15, 0.2) is 18.2 Å². The van der Waals surface area contributed by atoms with Gasteiger partial charge in [0, 0.05) is 24.8 Å². The van der Waals surface area contributed by atoms with Crippen molar-refractivity contribution < 1.29 is 0 Å². The van der Waals surface area contributed by atoms with E-state index in [0.29, 0.717) is 6.04 Å². The molecule has 0 saturated heterocycles. The van der Waals surface area contributed by atoms with Gasteiger partial charge in [-0.25, -0.2) is 0 Å². The fraction of sp³-hybridized carbons (Fsp3) is 0.600. The SMILES string of the molecule is CCC(C)N(CC)Cc1ccc2c(c1)CCN2. The first-order chi connectivity index (χ1) is 8.24. The molecule has 1 N–H and O–H groups in total. The maximum absolute atomic E-state index is 3.41. The van der Waals surface area contributed by atoms with Gasteiger partial charge in [0.15, 0.2) is 0 Å². The Hall–Kier alpha value is -1.02. The van der Waals surface area contributed by atoms with Crippen molar-refractivity contribution in [2.24, 2.45) is 0 Å². The predicted octanol–water partition coefficient (Wildman–Crippen LogP) is 3.28. The maximum atomic E-state index is 3.41. The van der Waals surface area contributed by atoms with Gasteiger partial charge in [-0.3, -0.25) is 4.90 Å². The van der Waals surface area contributed by atoms with Crippen LogP contribution in [-0.2, 0) is 13.0 Å². The van der Waals surface area contributed by atoms with Gasteiger partial charge in [0.1, 0.15) is 0 Å². The first kappa shape index (κ1) is 12.4. The Bertz CT molecular complexity index is 373. The third-order valence-electron chi connectivity index (χ3n) is 3.89. The molecule has 0 radical (unpaired) electrons. The fourth-order valence-electron chi connectivity index (χ4n) is 2.53. The summed E-state index contributed by atoms with van der Waals surface area (Å²) in [4.78, 5) is 2.55. The van der Waals surface area contributed by atoms with Crippen molar-refractivity contribution >= 4 is 5.69 Å². The van der Waals surface area contributed by atoms with Gasteiger partial charge in [-0.1, -0.05) is 26.0 Å². The highest BCUT2D eigenvalue weighted by Gasteiger charge is 2.13. The largest absolute Gasteiger partial charge is 0.384 e. The van der Waals surface area contributed by atoms with E-state index < -0.39 is 0 Å². The number of nitrogens with zero attached hydrogens (tertiary/aromatic N) is 1. The Morgan fingerprint density at radius 2 is 2.18 bits per heavy atom. The summed E-state index contributed by atoms with van der Waals surface area (Å²) in [6, 6.07) is 7.55. The van der Waals surface area contributed by atoms with E-state index in [1.807, 2.05) is 0 Å². The first-order valence-corrected chi connectivity index (χ1v) is 6.84. The average molecular weight is 232 g/mol. The molecule has 0 saturated carbocycles. The number of anilines is 1. The van der Waals surface area contributed by atoms with Crippen molar-refractivity contribution in [1.82, 2.24) is 4.90 Å². The molecule has 0 fully saturated rings. The Morgan fingerprint density at radius 3 is 2.88 bits per heavy atom. The van der Waals surface area contributed by atoms with Crippen molar-refractivity contribution in [3.63, 3.8) is 0 Å². The minimum Gasteiger partial charge on any atom is -0.384 e. The number of hydrogen-bond acceptors (Lipinski definition) is 2. The lowest BCUT2D eigenvalue weighted by molar-refractivity contribution is 0.206. The van der Waals surface area contributed by atoms with Crippen LogP contribution in [0.5, 0.6) is 0 Å². The van der Waals surface area contributed by atoms with Crippen LogP contribution in [0.1, 0.15) is 38.3 Å². The van der Waals surface area contributed by atoms with Crippen molar-refractivity contribution in [2.75, 3.05) is 18.4 Å². The van der Waals surface area contributed by atoms with Crippen LogP contribution in [0.3, 0.4) is 0 Å². The van der Waals surface area contributed by atoms with Crippen LogP contribution in [0.25, 0.3) is 0 Å². The molecule has 1 heterocycles. The van der Waals surface area contributed by atoms with E-state index in [0.717, 1.165) is 19.6 Å². The molecular weight excluding hydrogens is 208 g/mol. The van der Waals surface area contributed by atoms with Gasteiger partial charge in [-0.05, 0) is 43.5 Å². The van der Waals surface area contributed by atoms with E-state index in [1.165, 1.54) is 29.7 Å². The molecule has 1 atom stereocenters. The quantitative estimate of drug-likeness (QED) is 0.838.